The number of carbonyl (C=O) groups excluding carboxylic acids is 2. The zero-order chi connectivity index (χ0) is 12.6. The minimum atomic E-state index is -0.735. The summed E-state index contributed by atoms with van der Waals surface area (Å²) in [7, 11) is 1.30. The molecule has 0 aliphatic carbocycles. The molecule has 0 bridgehead atoms. The average Bonchev–Trinajstić information content (AvgIpc) is 2.61. The van der Waals surface area contributed by atoms with E-state index in [1.165, 1.54) is 12.0 Å². The maximum atomic E-state index is 11.7. The summed E-state index contributed by atoms with van der Waals surface area (Å²) in [5.74, 6) is -0.0522. The van der Waals surface area contributed by atoms with Crippen LogP contribution < -0.4 is 0 Å². The Morgan fingerprint density at radius 2 is 2.41 bits per heavy atom. The summed E-state index contributed by atoms with van der Waals surface area (Å²) < 4.78 is 10.3. The van der Waals surface area contributed by atoms with Crippen molar-refractivity contribution < 1.29 is 19.1 Å². The Labute approximate surface area is 104 Å². The van der Waals surface area contributed by atoms with Gasteiger partial charge in [-0.1, -0.05) is 12.2 Å². The Hall–Kier alpha value is -1.43. The van der Waals surface area contributed by atoms with Crippen LogP contribution in [-0.4, -0.2) is 41.5 Å². The molecule has 0 saturated carbocycles. The molecule has 92 valence electrons. The fourth-order valence-corrected chi connectivity index (χ4v) is 2.29. The Bertz CT molecular complexity index is 418. The van der Waals surface area contributed by atoms with Gasteiger partial charge >= 0.3 is 5.97 Å². The Balaban J connectivity index is 2.33. The number of esters is 1. The standard InChI is InChI=1S/C11H13NO4S/c1-6(3-4-17)10-9(11(14)15-2)12-7(13)5-8(12)16-10/h4,8-9H,3,5H2,1-2H3. The molecule has 2 aliphatic heterocycles. The lowest BCUT2D eigenvalue weighted by molar-refractivity contribution is -0.164. The van der Waals surface area contributed by atoms with Crippen LogP contribution in [0.3, 0.4) is 0 Å². The SMILES string of the molecule is COC(=O)C1C(=C(C)CC=S)OC2CC(=O)N21. The highest BCUT2D eigenvalue weighted by Gasteiger charge is 2.54. The highest BCUT2D eigenvalue weighted by atomic mass is 32.1. The van der Waals surface area contributed by atoms with E-state index in [1.54, 1.807) is 5.37 Å². The zero-order valence-electron chi connectivity index (χ0n) is 9.63. The maximum absolute atomic E-state index is 11.7. The van der Waals surface area contributed by atoms with Crippen molar-refractivity contribution in [2.45, 2.75) is 32.0 Å². The molecule has 0 aromatic carbocycles. The van der Waals surface area contributed by atoms with E-state index >= 15 is 0 Å². The lowest BCUT2D eigenvalue weighted by Gasteiger charge is -2.33. The van der Waals surface area contributed by atoms with Gasteiger partial charge in [-0.25, -0.2) is 4.79 Å². The summed E-state index contributed by atoms with van der Waals surface area (Å²) in [6.07, 6.45) is 0.552. The molecule has 0 N–H and O–H groups in total. The number of ether oxygens (including phenoxy) is 2. The van der Waals surface area contributed by atoms with E-state index in [-0.39, 0.29) is 12.1 Å². The minimum absolute atomic E-state index is 0.0875. The third kappa shape index (κ3) is 1.82. The molecule has 2 unspecified atom stereocenters. The van der Waals surface area contributed by atoms with Crippen molar-refractivity contribution in [1.82, 2.24) is 4.90 Å². The first-order valence-corrected chi connectivity index (χ1v) is 5.76. The monoisotopic (exact) mass is 255 g/mol. The molecule has 2 aliphatic rings. The number of carbonyl (C=O) groups is 2. The number of nitrogens with zero attached hydrogens (tertiary/aromatic N) is 1. The normalized spacial score (nSPS) is 29.1. The molecular formula is C11H13NO4S. The summed E-state index contributed by atoms with van der Waals surface area (Å²) in [5, 5.41) is 1.57. The van der Waals surface area contributed by atoms with Crippen LogP contribution in [0.2, 0.25) is 0 Å². The van der Waals surface area contributed by atoms with E-state index in [4.69, 9.17) is 21.7 Å². The van der Waals surface area contributed by atoms with E-state index in [0.717, 1.165) is 5.57 Å². The number of allylic oxidation sites excluding steroid dienone is 1. The van der Waals surface area contributed by atoms with Crippen LogP contribution in [-0.2, 0) is 19.1 Å². The van der Waals surface area contributed by atoms with E-state index < -0.39 is 12.0 Å². The smallest absolute Gasteiger partial charge is 0.336 e. The van der Waals surface area contributed by atoms with E-state index in [0.29, 0.717) is 18.6 Å². The summed E-state index contributed by atoms with van der Waals surface area (Å²) in [4.78, 5) is 24.6. The van der Waals surface area contributed by atoms with Gasteiger partial charge in [0.15, 0.2) is 12.3 Å². The second-order valence-corrected chi connectivity index (χ2v) is 4.35. The number of rotatable bonds is 3. The van der Waals surface area contributed by atoms with Crippen LogP contribution in [0.1, 0.15) is 19.8 Å². The quantitative estimate of drug-likeness (QED) is 0.424. The second kappa shape index (κ2) is 4.44. The molecule has 0 radical (unpaired) electrons. The number of hydrogen-bond donors (Lipinski definition) is 0. The third-order valence-electron chi connectivity index (χ3n) is 2.97. The van der Waals surface area contributed by atoms with Gasteiger partial charge in [-0.05, 0) is 17.9 Å². The van der Waals surface area contributed by atoms with Crippen LogP contribution in [0.5, 0.6) is 0 Å². The van der Waals surface area contributed by atoms with Gasteiger partial charge in [0.25, 0.3) is 0 Å². The van der Waals surface area contributed by atoms with Crippen molar-refractivity contribution in [3.8, 4) is 0 Å². The molecule has 1 amide bonds. The van der Waals surface area contributed by atoms with Crippen molar-refractivity contribution in [2.24, 2.45) is 0 Å². The predicted molar refractivity (Wildman–Crippen MR) is 63.1 cm³/mol. The van der Waals surface area contributed by atoms with Crippen LogP contribution in [0, 0.1) is 0 Å². The van der Waals surface area contributed by atoms with Gasteiger partial charge in [0.2, 0.25) is 5.91 Å². The highest BCUT2D eigenvalue weighted by molar-refractivity contribution is 7.79. The van der Waals surface area contributed by atoms with Crippen molar-refractivity contribution in [1.29, 1.82) is 0 Å². The number of methoxy groups -OCH3 is 1. The van der Waals surface area contributed by atoms with Crippen LogP contribution >= 0.6 is 12.2 Å². The first kappa shape index (κ1) is 12.0. The number of thiocarbonyl (C=S) groups is 1. The van der Waals surface area contributed by atoms with Gasteiger partial charge in [0.05, 0.1) is 13.5 Å². The van der Waals surface area contributed by atoms with E-state index in [9.17, 15) is 9.59 Å². The van der Waals surface area contributed by atoms with Gasteiger partial charge in [0, 0.05) is 6.42 Å². The lowest BCUT2D eigenvalue weighted by atomic mass is 10.1. The molecule has 0 aromatic rings. The maximum Gasteiger partial charge on any atom is 0.336 e. The molecule has 0 spiro atoms. The van der Waals surface area contributed by atoms with Crippen molar-refractivity contribution in [3.63, 3.8) is 0 Å². The molecule has 17 heavy (non-hydrogen) atoms. The molecule has 0 aromatic heterocycles. The number of hydrogen-bond acceptors (Lipinski definition) is 5. The van der Waals surface area contributed by atoms with E-state index in [2.05, 4.69) is 0 Å². The Kier molecular flexibility index (Phi) is 3.15. The Morgan fingerprint density at radius 1 is 1.71 bits per heavy atom. The number of fused-ring (bicyclic) bond motifs is 1. The molecule has 5 nitrogen and oxygen atoms in total. The molecule has 2 saturated heterocycles. The number of β-lactam (4-membered cyclic amide) rings is 1. The summed E-state index contributed by atoms with van der Waals surface area (Å²) in [6, 6.07) is -0.735. The summed E-state index contributed by atoms with van der Waals surface area (Å²) in [5.41, 5.74) is 0.859. The summed E-state index contributed by atoms with van der Waals surface area (Å²) >= 11 is 4.78. The van der Waals surface area contributed by atoms with Crippen molar-refractivity contribution in [3.05, 3.63) is 11.3 Å². The van der Waals surface area contributed by atoms with Crippen LogP contribution in [0.4, 0.5) is 0 Å². The first-order valence-electron chi connectivity index (χ1n) is 5.29. The van der Waals surface area contributed by atoms with Gasteiger partial charge in [-0.15, -0.1) is 0 Å². The molecule has 2 atom stereocenters. The van der Waals surface area contributed by atoms with Gasteiger partial charge in [-0.2, -0.15) is 0 Å². The molecular weight excluding hydrogens is 242 g/mol. The van der Waals surface area contributed by atoms with Gasteiger partial charge in [-0.3, -0.25) is 9.69 Å². The molecule has 6 heteroatoms. The highest BCUT2D eigenvalue weighted by Crippen LogP contribution is 2.38. The topological polar surface area (TPSA) is 55.8 Å². The second-order valence-electron chi connectivity index (χ2n) is 4.02. The first-order chi connectivity index (χ1) is 8.10. The molecule has 2 rings (SSSR count). The van der Waals surface area contributed by atoms with Crippen LogP contribution in [0.15, 0.2) is 11.3 Å². The Morgan fingerprint density at radius 3 is 2.94 bits per heavy atom. The largest absolute Gasteiger partial charge is 0.471 e. The molecule has 2 heterocycles. The third-order valence-corrected chi connectivity index (χ3v) is 3.14. The minimum Gasteiger partial charge on any atom is -0.471 e. The number of amides is 1. The van der Waals surface area contributed by atoms with Crippen LogP contribution in [0.25, 0.3) is 0 Å². The average molecular weight is 255 g/mol. The van der Waals surface area contributed by atoms with Crippen molar-refractivity contribution in [2.75, 3.05) is 7.11 Å². The van der Waals surface area contributed by atoms with Crippen molar-refractivity contribution >= 4 is 29.5 Å². The van der Waals surface area contributed by atoms with E-state index in [1.807, 2.05) is 6.92 Å². The van der Waals surface area contributed by atoms with Gasteiger partial charge in [0.1, 0.15) is 5.76 Å². The van der Waals surface area contributed by atoms with Gasteiger partial charge < -0.3 is 9.47 Å². The molecule has 2 fully saturated rings. The fraction of sp³-hybridized carbons (Fsp3) is 0.545. The predicted octanol–water partition coefficient (Wildman–Crippen LogP) is 0.780. The fourth-order valence-electron chi connectivity index (χ4n) is 2.04. The zero-order valence-corrected chi connectivity index (χ0v) is 10.5. The lowest BCUT2D eigenvalue weighted by Crippen LogP contribution is -2.55. The summed E-state index contributed by atoms with van der Waals surface area (Å²) in [6.45, 7) is 1.84.